The summed E-state index contributed by atoms with van der Waals surface area (Å²) < 4.78 is 1.13. The normalized spacial score (nSPS) is 13.4. The molecule has 2 aromatic heterocycles. The number of para-hydroxylation sites is 1. The van der Waals surface area contributed by atoms with Gasteiger partial charge in [-0.2, -0.15) is 0 Å². The molecular weight excluding hydrogens is 442 g/mol. The number of nitro benzene ring substituents is 1. The highest BCUT2D eigenvalue weighted by Crippen LogP contribution is 2.46. The van der Waals surface area contributed by atoms with Crippen LogP contribution in [0.15, 0.2) is 54.6 Å². The fourth-order valence-electron chi connectivity index (χ4n) is 3.89. The van der Waals surface area contributed by atoms with Gasteiger partial charge < -0.3 is 5.32 Å². The van der Waals surface area contributed by atoms with Gasteiger partial charge in [-0.1, -0.05) is 12.1 Å². The monoisotopic (exact) mass is 461 g/mol. The largest absolute Gasteiger partial charge is 0.313 e. The van der Waals surface area contributed by atoms with Crippen LogP contribution < -0.4 is 5.32 Å². The van der Waals surface area contributed by atoms with Crippen molar-refractivity contribution >= 4 is 55.6 Å². The van der Waals surface area contributed by atoms with Gasteiger partial charge in [0.25, 0.3) is 5.69 Å². The van der Waals surface area contributed by atoms with E-state index in [9.17, 15) is 14.9 Å². The Morgan fingerprint density at radius 3 is 2.62 bits per heavy atom. The average molecular weight is 462 g/mol. The van der Waals surface area contributed by atoms with Gasteiger partial charge in [-0.05, 0) is 67.2 Å². The maximum absolute atomic E-state index is 12.7. The van der Waals surface area contributed by atoms with Crippen LogP contribution in [0.3, 0.4) is 0 Å². The predicted octanol–water partition coefficient (Wildman–Crippen LogP) is 6.46. The first kappa shape index (κ1) is 20.5. The number of thiazole rings is 1. The van der Waals surface area contributed by atoms with E-state index in [1.807, 2.05) is 18.2 Å². The van der Waals surface area contributed by atoms with E-state index in [0.29, 0.717) is 0 Å². The molecule has 32 heavy (non-hydrogen) atoms. The van der Waals surface area contributed by atoms with Gasteiger partial charge in [-0.15, -0.1) is 22.7 Å². The molecule has 6 nitrogen and oxygen atoms in total. The van der Waals surface area contributed by atoms with Crippen LogP contribution in [0.1, 0.15) is 28.8 Å². The lowest BCUT2D eigenvalue weighted by Gasteiger charge is -2.11. The van der Waals surface area contributed by atoms with E-state index in [2.05, 4.69) is 11.4 Å². The Kier molecular flexibility index (Phi) is 5.55. The van der Waals surface area contributed by atoms with E-state index in [0.717, 1.165) is 50.6 Å². The van der Waals surface area contributed by atoms with E-state index in [-0.39, 0.29) is 11.6 Å². The van der Waals surface area contributed by atoms with Gasteiger partial charge in [0.1, 0.15) is 10.0 Å². The van der Waals surface area contributed by atoms with Crippen LogP contribution in [0.2, 0.25) is 0 Å². The molecule has 2 aromatic carbocycles. The Labute approximate surface area is 192 Å². The molecule has 1 N–H and O–H groups in total. The minimum Gasteiger partial charge on any atom is -0.313 e. The molecule has 8 heteroatoms. The van der Waals surface area contributed by atoms with Crippen molar-refractivity contribution in [3.8, 4) is 10.6 Å². The highest BCUT2D eigenvalue weighted by atomic mass is 32.1. The summed E-state index contributed by atoms with van der Waals surface area (Å²) in [6.45, 7) is 0. The summed E-state index contributed by atoms with van der Waals surface area (Å²) in [5.74, 6) is -0.232. The summed E-state index contributed by atoms with van der Waals surface area (Å²) in [6.07, 6.45) is 7.47. The molecule has 5 rings (SSSR count). The summed E-state index contributed by atoms with van der Waals surface area (Å²) >= 11 is 3.30. The number of rotatable bonds is 5. The standard InChI is InChI=1S/C24H19N3O3S2/c28-21(14-11-15-9-12-16(13-10-15)27(29)30)26-24-22(17-5-1-3-7-19(17)31-24)23-25-18-6-2-4-8-20(18)32-23/h2,4,6,8-14H,1,3,5,7H2,(H,26,28). The second-order valence-corrected chi connectivity index (χ2v) is 9.71. The van der Waals surface area contributed by atoms with Gasteiger partial charge in [-0.3, -0.25) is 14.9 Å². The third-order valence-corrected chi connectivity index (χ3v) is 7.71. The van der Waals surface area contributed by atoms with Crippen LogP contribution in [-0.2, 0) is 17.6 Å². The molecule has 160 valence electrons. The highest BCUT2D eigenvalue weighted by molar-refractivity contribution is 7.22. The van der Waals surface area contributed by atoms with E-state index in [1.165, 1.54) is 35.1 Å². The third-order valence-electron chi connectivity index (χ3n) is 5.45. The maximum atomic E-state index is 12.7. The molecule has 1 aliphatic carbocycles. The zero-order valence-electron chi connectivity index (χ0n) is 17.0. The molecule has 4 aromatic rings. The van der Waals surface area contributed by atoms with Gasteiger partial charge >= 0.3 is 0 Å². The number of non-ortho nitro benzene ring substituents is 1. The summed E-state index contributed by atoms with van der Waals surface area (Å²) in [7, 11) is 0. The number of thiophene rings is 1. The lowest BCUT2D eigenvalue weighted by Crippen LogP contribution is -2.07. The van der Waals surface area contributed by atoms with Crippen molar-refractivity contribution in [1.82, 2.24) is 4.98 Å². The SMILES string of the molecule is O=C(C=Cc1ccc([N+](=O)[O-])cc1)Nc1sc2c(c1-c1nc3ccccc3s1)CCCC2. The van der Waals surface area contributed by atoms with Crippen molar-refractivity contribution in [3.63, 3.8) is 0 Å². The quantitative estimate of drug-likeness (QED) is 0.210. The maximum Gasteiger partial charge on any atom is 0.269 e. The molecule has 0 spiro atoms. The van der Waals surface area contributed by atoms with Crippen molar-refractivity contribution in [2.24, 2.45) is 0 Å². The fraction of sp³-hybridized carbons (Fsp3) is 0.167. The number of amides is 1. The number of carbonyl (C=O) groups excluding carboxylic acids is 1. The Bertz CT molecular complexity index is 1320. The number of nitrogens with zero attached hydrogens (tertiary/aromatic N) is 2. The van der Waals surface area contributed by atoms with E-state index < -0.39 is 4.92 Å². The van der Waals surface area contributed by atoms with Gasteiger partial charge in [0.15, 0.2) is 0 Å². The lowest BCUT2D eigenvalue weighted by molar-refractivity contribution is -0.384. The van der Waals surface area contributed by atoms with Crippen LogP contribution in [0.25, 0.3) is 26.9 Å². The molecule has 0 atom stereocenters. The minimum absolute atomic E-state index is 0.0243. The molecule has 2 heterocycles. The number of nitrogens with one attached hydrogen (secondary N) is 1. The van der Waals surface area contributed by atoms with Crippen molar-refractivity contribution in [3.05, 3.63) is 80.7 Å². The number of aromatic nitrogens is 1. The molecular formula is C24H19N3O3S2. The number of benzene rings is 2. The number of hydrogen-bond acceptors (Lipinski definition) is 6. The molecule has 0 bridgehead atoms. The van der Waals surface area contributed by atoms with E-state index >= 15 is 0 Å². The van der Waals surface area contributed by atoms with Gasteiger partial charge in [-0.25, -0.2) is 4.98 Å². The molecule has 0 fully saturated rings. The number of aryl methyl sites for hydroxylation is 1. The summed E-state index contributed by atoms with van der Waals surface area (Å²) in [5.41, 5.74) is 4.09. The Balaban J connectivity index is 1.43. The molecule has 1 amide bonds. The first-order valence-corrected chi connectivity index (χ1v) is 12.0. The highest BCUT2D eigenvalue weighted by Gasteiger charge is 2.24. The number of carbonyl (C=O) groups is 1. The number of fused-ring (bicyclic) bond motifs is 2. The first-order chi connectivity index (χ1) is 15.6. The Morgan fingerprint density at radius 2 is 1.84 bits per heavy atom. The summed E-state index contributed by atoms with van der Waals surface area (Å²) in [6, 6.07) is 14.2. The number of anilines is 1. The van der Waals surface area contributed by atoms with Gasteiger partial charge in [0.2, 0.25) is 5.91 Å². The zero-order chi connectivity index (χ0) is 22.1. The van der Waals surface area contributed by atoms with Crippen molar-refractivity contribution < 1.29 is 9.72 Å². The fourth-order valence-corrected chi connectivity index (χ4v) is 6.29. The second kappa shape index (κ2) is 8.64. The topological polar surface area (TPSA) is 85.1 Å². The minimum atomic E-state index is -0.442. The average Bonchev–Trinajstić information content (AvgIpc) is 3.38. The molecule has 0 aliphatic heterocycles. The van der Waals surface area contributed by atoms with Gasteiger partial charge in [0.05, 0.1) is 15.1 Å². The summed E-state index contributed by atoms with van der Waals surface area (Å²) in [5, 5.41) is 15.6. The number of nitro groups is 1. The molecule has 0 saturated carbocycles. The van der Waals surface area contributed by atoms with Crippen LogP contribution in [0.5, 0.6) is 0 Å². The Hall–Kier alpha value is -3.36. The molecule has 0 saturated heterocycles. The first-order valence-electron chi connectivity index (χ1n) is 10.3. The van der Waals surface area contributed by atoms with E-state index in [4.69, 9.17) is 4.98 Å². The Morgan fingerprint density at radius 1 is 1.06 bits per heavy atom. The zero-order valence-corrected chi connectivity index (χ0v) is 18.7. The molecule has 0 unspecified atom stereocenters. The van der Waals surface area contributed by atoms with E-state index in [1.54, 1.807) is 40.9 Å². The van der Waals surface area contributed by atoms with Crippen molar-refractivity contribution in [1.29, 1.82) is 0 Å². The van der Waals surface area contributed by atoms with Crippen LogP contribution >= 0.6 is 22.7 Å². The van der Waals surface area contributed by atoms with Crippen LogP contribution in [0, 0.1) is 10.1 Å². The van der Waals surface area contributed by atoms with Crippen molar-refractivity contribution in [2.45, 2.75) is 25.7 Å². The third kappa shape index (κ3) is 4.06. The van der Waals surface area contributed by atoms with Gasteiger partial charge in [0, 0.05) is 28.6 Å². The predicted molar refractivity (Wildman–Crippen MR) is 130 cm³/mol. The molecule has 1 aliphatic rings. The smallest absolute Gasteiger partial charge is 0.269 e. The van der Waals surface area contributed by atoms with Crippen LogP contribution in [0.4, 0.5) is 10.7 Å². The van der Waals surface area contributed by atoms with Crippen LogP contribution in [-0.4, -0.2) is 15.8 Å². The number of hydrogen-bond donors (Lipinski definition) is 1. The second-order valence-electron chi connectivity index (χ2n) is 7.57. The molecule has 0 radical (unpaired) electrons. The van der Waals surface area contributed by atoms with Crippen molar-refractivity contribution in [2.75, 3.05) is 5.32 Å². The summed E-state index contributed by atoms with van der Waals surface area (Å²) in [4.78, 5) is 29.2. The lowest BCUT2D eigenvalue weighted by atomic mass is 9.96.